The lowest BCUT2D eigenvalue weighted by atomic mass is 9.80. The number of esters is 2. The van der Waals surface area contributed by atoms with Gasteiger partial charge in [0.2, 0.25) is 11.5 Å². The summed E-state index contributed by atoms with van der Waals surface area (Å²) in [7, 11) is 2.43. The zero-order valence-corrected chi connectivity index (χ0v) is 12.4. The molecule has 1 aromatic heterocycles. The third-order valence-electron chi connectivity index (χ3n) is 3.48. The Kier molecular flexibility index (Phi) is 4.95. The van der Waals surface area contributed by atoms with Gasteiger partial charge in [0, 0.05) is 13.0 Å². The summed E-state index contributed by atoms with van der Waals surface area (Å²) in [4.78, 5) is 27.3. The Morgan fingerprint density at radius 1 is 1.24 bits per heavy atom. The van der Waals surface area contributed by atoms with Crippen LogP contribution in [0.15, 0.2) is 4.42 Å². The monoisotopic (exact) mass is 297 g/mol. The second kappa shape index (κ2) is 6.71. The van der Waals surface area contributed by atoms with Gasteiger partial charge in [-0.2, -0.15) is 0 Å². The predicted octanol–water partition coefficient (Wildman–Crippen LogP) is 1.61. The number of ether oxygens (including phenoxy) is 3. The SMILES string of the molecule is CCOC1CC(Cc2nc(C(=O)OC)c(C(=O)OC)o2)C1. The molecule has 2 rings (SSSR count). The van der Waals surface area contributed by atoms with Crippen molar-refractivity contribution in [2.45, 2.75) is 32.3 Å². The Bertz CT molecular complexity index is 484. The summed E-state index contributed by atoms with van der Waals surface area (Å²) in [5.41, 5.74) is -0.139. The van der Waals surface area contributed by atoms with Crippen molar-refractivity contribution in [3.63, 3.8) is 0 Å². The maximum absolute atomic E-state index is 11.6. The molecule has 1 fully saturated rings. The van der Waals surface area contributed by atoms with Gasteiger partial charge in [-0.25, -0.2) is 14.6 Å². The molecular weight excluding hydrogens is 278 g/mol. The molecule has 0 aliphatic heterocycles. The van der Waals surface area contributed by atoms with Crippen LogP contribution in [0, 0.1) is 5.92 Å². The van der Waals surface area contributed by atoms with Gasteiger partial charge in [-0.15, -0.1) is 0 Å². The van der Waals surface area contributed by atoms with Crippen molar-refractivity contribution in [2.75, 3.05) is 20.8 Å². The predicted molar refractivity (Wildman–Crippen MR) is 71.0 cm³/mol. The van der Waals surface area contributed by atoms with E-state index in [1.807, 2.05) is 6.92 Å². The van der Waals surface area contributed by atoms with Crippen LogP contribution in [0.5, 0.6) is 0 Å². The van der Waals surface area contributed by atoms with Crippen molar-refractivity contribution in [1.29, 1.82) is 0 Å². The molecule has 1 aromatic rings. The molecule has 1 aliphatic rings. The van der Waals surface area contributed by atoms with E-state index >= 15 is 0 Å². The minimum absolute atomic E-state index is 0.139. The van der Waals surface area contributed by atoms with Gasteiger partial charge in [0.1, 0.15) is 0 Å². The van der Waals surface area contributed by atoms with E-state index in [1.54, 1.807) is 0 Å². The smallest absolute Gasteiger partial charge is 0.376 e. The number of nitrogens with zero attached hydrogens (tertiary/aromatic N) is 1. The first-order chi connectivity index (χ1) is 10.1. The average molecular weight is 297 g/mol. The summed E-state index contributed by atoms with van der Waals surface area (Å²) in [5.74, 6) is -0.937. The van der Waals surface area contributed by atoms with Gasteiger partial charge < -0.3 is 18.6 Å². The molecule has 116 valence electrons. The molecular formula is C14H19NO6. The van der Waals surface area contributed by atoms with Gasteiger partial charge >= 0.3 is 11.9 Å². The summed E-state index contributed by atoms with van der Waals surface area (Å²) in [6, 6.07) is 0. The molecule has 0 saturated heterocycles. The Morgan fingerprint density at radius 2 is 1.90 bits per heavy atom. The standard InChI is InChI=1S/C14H19NO6/c1-4-20-9-5-8(6-9)7-10-15-11(13(16)18-2)12(21-10)14(17)19-3/h8-9H,4-7H2,1-3H3. The normalized spacial score (nSPS) is 20.7. The molecule has 0 N–H and O–H groups in total. The lowest BCUT2D eigenvalue weighted by Gasteiger charge is -2.34. The maximum atomic E-state index is 11.6. The number of carbonyl (C=O) groups is 2. The van der Waals surface area contributed by atoms with Crippen molar-refractivity contribution in [3.05, 3.63) is 17.3 Å². The van der Waals surface area contributed by atoms with Crippen LogP contribution in [-0.2, 0) is 20.6 Å². The van der Waals surface area contributed by atoms with E-state index in [2.05, 4.69) is 14.5 Å². The van der Waals surface area contributed by atoms with Crippen molar-refractivity contribution >= 4 is 11.9 Å². The fraction of sp³-hybridized carbons (Fsp3) is 0.643. The van der Waals surface area contributed by atoms with Gasteiger partial charge in [-0.1, -0.05) is 0 Å². The molecule has 0 unspecified atom stereocenters. The number of carbonyl (C=O) groups excluding carboxylic acids is 2. The Balaban J connectivity index is 2.06. The Hall–Kier alpha value is -1.89. The highest BCUT2D eigenvalue weighted by Crippen LogP contribution is 2.33. The molecule has 0 spiro atoms. The molecule has 1 saturated carbocycles. The van der Waals surface area contributed by atoms with Crippen LogP contribution in [-0.4, -0.2) is 43.9 Å². The zero-order valence-electron chi connectivity index (χ0n) is 12.4. The first-order valence-corrected chi connectivity index (χ1v) is 6.86. The highest BCUT2D eigenvalue weighted by Gasteiger charge is 2.33. The molecule has 1 heterocycles. The lowest BCUT2D eigenvalue weighted by molar-refractivity contribution is -0.0256. The van der Waals surface area contributed by atoms with Crippen LogP contribution in [0.25, 0.3) is 0 Å². The van der Waals surface area contributed by atoms with E-state index in [4.69, 9.17) is 9.15 Å². The molecule has 7 heteroatoms. The minimum Gasteiger partial charge on any atom is -0.464 e. The number of hydrogen-bond donors (Lipinski definition) is 0. The van der Waals surface area contributed by atoms with Gasteiger partial charge in [0.05, 0.1) is 20.3 Å². The number of aromatic nitrogens is 1. The fourth-order valence-electron chi connectivity index (χ4n) is 2.38. The highest BCUT2D eigenvalue weighted by molar-refractivity contribution is 5.99. The molecule has 1 aliphatic carbocycles. The molecule has 0 radical (unpaired) electrons. The number of methoxy groups -OCH3 is 2. The van der Waals surface area contributed by atoms with E-state index in [0.29, 0.717) is 24.8 Å². The van der Waals surface area contributed by atoms with Crippen LogP contribution in [0.1, 0.15) is 46.7 Å². The number of oxazole rings is 1. The molecule has 0 amide bonds. The highest BCUT2D eigenvalue weighted by atomic mass is 16.5. The quantitative estimate of drug-likeness (QED) is 0.737. The van der Waals surface area contributed by atoms with E-state index in [0.717, 1.165) is 12.8 Å². The van der Waals surface area contributed by atoms with E-state index in [1.165, 1.54) is 14.2 Å². The summed E-state index contributed by atoms with van der Waals surface area (Å²) >= 11 is 0. The summed E-state index contributed by atoms with van der Waals surface area (Å²) in [6.07, 6.45) is 2.70. The third kappa shape index (κ3) is 3.41. The van der Waals surface area contributed by atoms with Gasteiger partial charge in [0.25, 0.3) is 0 Å². The molecule has 7 nitrogen and oxygen atoms in total. The van der Waals surface area contributed by atoms with E-state index in [-0.39, 0.29) is 17.6 Å². The van der Waals surface area contributed by atoms with Crippen LogP contribution < -0.4 is 0 Å². The average Bonchev–Trinajstić information content (AvgIpc) is 2.87. The van der Waals surface area contributed by atoms with Crippen molar-refractivity contribution < 1.29 is 28.2 Å². The second-order valence-corrected chi connectivity index (χ2v) is 4.89. The zero-order chi connectivity index (χ0) is 15.4. The van der Waals surface area contributed by atoms with Crippen LogP contribution in [0.2, 0.25) is 0 Å². The third-order valence-corrected chi connectivity index (χ3v) is 3.48. The lowest BCUT2D eigenvalue weighted by Crippen LogP contribution is -2.32. The molecule has 0 bridgehead atoms. The van der Waals surface area contributed by atoms with E-state index in [9.17, 15) is 9.59 Å². The van der Waals surface area contributed by atoms with Gasteiger partial charge in [-0.3, -0.25) is 0 Å². The maximum Gasteiger partial charge on any atom is 0.376 e. The van der Waals surface area contributed by atoms with Crippen molar-refractivity contribution in [3.8, 4) is 0 Å². The van der Waals surface area contributed by atoms with Crippen molar-refractivity contribution in [2.24, 2.45) is 5.92 Å². The van der Waals surface area contributed by atoms with Crippen LogP contribution in [0.4, 0.5) is 0 Å². The van der Waals surface area contributed by atoms with Crippen LogP contribution >= 0.6 is 0 Å². The number of hydrogen-bond acceptors (Lipinski definition) is 7. The Morgan fingerprint density at radius 3 is 2.48 bits per heavy atom. The molecule has 0 aromatic carbocycles. The summed E-state index contributed by atoms with van der Waals surface area (Å²) in [5, 5.41) is 0. The summed E-state index contributed by atoms with van der Waals surface area (Å²) < 4.78 is 20.0. The first kappa shape index (κ1) is 15.5. The minimum atomic E-state index is -0.741. The second-order valence-electron chi connectivity index (χ2n) is 4.89. The topological polar surface area (TPSA) is 87.9 Å². The molecule has 0 atom stereocenters. The Labute approximate surface area is 122 Å². The number of rotatable bonds is 6. The van der Waals surface area contributed by atoms with Crippen molar-refractivity contribution in [1.82, 2.24) is 4.98 Å². The van der Waals surface area contributed by atoms with Gasteiger partial charge in [0.15, 0.2) is 5.89 Å². The molecule has 21 heavy (non-hydrogen) atoms. The van der Waals surface area contributed by atoms with E-state index < -0.39 is 11.9 Å². The first-order valence-electron chi connectivity index (χ1n) is 6.86. The van der Waals surface area contributed by atoms with Crippen LogP contribution in [0.3, 0.4) is 0 Å². The fourth-order valence-corrected chi connectivity index (χ4v) is 2.38. The summed E-state index contributed by atoms with van der Waals surface area (Å²) in [6.45, 7) is 2.67. The largest absolute Gasteiger partial charge is 0.464 e. The van der Waals surface area contributed by atoms with Gasteiger partial charge in [-0.05, 0) is 25.7 Å².